The van der Waals surface area contributed by atoms with E-state index in [0.29, 0.717) is 16.3 Å². The second kappa shape index (κ2) is 8.27. The van der Waals surface area contributed by atoms with Crippen LogP contribution in [0, 0.1) is 34.6 Å². The summed E-state index contributed by atoms with van der Waals surface area (Å²) in [6.07, 6.45) is -0.663. The van der Waals surface area contributed by atoms with Crippen LogP contribution in [0.25, 0.3) is 10.2 Å². The van der Waals surface area contributed by atoms with Gasteiger partial charge in [-0.2, -0.15) is 0 Å². The molecule has 1 N–H and O–H groups in total. The summed E-state index contributed by atoms with van der Waals surface area (Å²) in [7, 11) is 1.73. The molecule has 0 saturated heterocycles. The Kier molecular flexibility index (Phi) is 6.17. The maximum atomic E-state index is 12.7. The lowest BCUT2D eigenvalue weighted by molar-refractivity contribution is 0.125. The Bertz CT molecular complexity index is 1090. The third kappa shape index (κ3) is 3.97. The van der Waals surface area contributed by atoms with Crippen molar-refractivity contribution in [2.24, 2.45) is 7.05 Å². The van der Waals surface area contributed by atoms with Crippen molar-refractivity contribution in [3.8, 4) is 5.75 Å². The van der Waals surface area contributed by atoms with Crippen molar-refractivity contribution in [3.63, 3.8) is 0 Å². The summed E-state index contributed by atoms with van der Waals surface area (Å²) in [6, 6.07) is 4.10. The number of aromatic nitrogens is 2. The topological polar surface area (TPSA) is 64.3 Å². The van der Waals surface area contributed by atoms with E-state index in [1.807, 2.05) is 40.7 Å². The van der Waals surface area contributed by atoms with Gasteiger partial charge >= 0.3 is 0 Å². The summed E-state index contributed by atoms with van der Waals surface area (Å²) in [5, 5.41) is 11.7. The van der Waals surface area contributed by atoms with Gasteiger partial charge in [-0.05, 0) is 56.9 Å². The number of nitrogens with zero attached hydrogens (tertiary/aromatic N) is 2. The number of thiophene rings is 1. The lowest BCUT2D eigenvalue weighted by Gasteiger charge is -2.17. The molecule has 0 unspecified atom stereocenters. The van der Waals surface area contributed by atoms with Gasteiger partial charge in [0.05, 0.1) is 11.5 Å². The number of thioether (sulfide) groups is 1. The average molecular weight is 419 g/mol. The highest BCUT2D eigenvalue weighted by atomic mass is 32.2. The predicted octanol–water partition coefficient (Wildman–Crippen LogP) is 4.07. The first kappa shape index (κ1) is 20.9. The van der Waals surface area contributed by atoms with Gasteiger partial charge in [-0.3, -0.25) is 9.36 Å². The van der Waals surface area contributed by atoms with Gasteiger partial charge < -0.3 is 9.84 Å². The highest BCUT2D eigenvalue weighted by Gasteiger charge is 2.16. The molecule has 28 heavy (non-hydrogen) atoms. The molecule has 0 aliphatic rings. The standard InChI is InChI=1S/C21H26N2O3S2/c1-11-7-8-12(2)18(13(11)3)26-9-16(24)10-27-21-22-19-17(20(25)23(21)6)14(4)15(5)28-19/h7-8,16,24H,9-10H2,1-6H3/t16-/m0/s1. The van der Waals surface area contributed by atoms with Crippen LogP contribution >= 0.6 is 23.1 Å². The Morgan fingerprint density at radius 1 is 1.18 bits per heavy atom. The number of rotatable bonds is 6. The number of aryl methyl sites for hydroxylation is 4. The van der Waals surface area contributed by atoms with Crippen LogP contribution in [0.5, 0.6) is 5.75 Å². The molecule has 2 aromatic heterocycles. The highest BCUT2D eigenvalue weighted by Crippen LogP contribution is 2.29. The van der Waals surface area contributed by atoms with Gasteiger partial charge in [0.1, 0.15) is 17.2 Å². The second-order valence-corrected chi connectivity index (χ2v) is 9.34. The molecule has 0 aliphatic carbocycles. The maximum Gasteiger partial charge on any atom is 0.262 e. The van der Waals surface area contributed by atoms with Crippen LogP contribution < -0.4 is 10.3 Å². The molecule has 0 spiro atoms. The van der Waals surface area contributed by atoms with E-state index in [2.05, 4.69) is 11.1 Å². The van der Waals surface area contributed by atoms with E-state index in [9.17, 15) is 9.90 Å². The molecule has 5 nitrogen and oxygen atoms in total. The third-order valence-electron chi connectivity index (χ3n) is 5.07. The number of hydrogen-bond donors (Lipinski definition) is 1. The van der Waals surface area contributed by atoms with E-state index >= 15 is 0 Å². The summed E-state index contributed by atoms with van der Waals surface area (Å²) < 4.78 is 7.46. The SMILES string of the molecule is Cc1ccc(C)c(OC[C@H](O)CSc2nc3sc(C)c(C)c3c(=O)n2C)c1C. The van der Waals surface area contributed by atoms with Crippen molar-refractivity contribution < 1.29 is 9.84 Å². The maximum absolute atomic E-state index is 12.7. The highest BCUT2D eigenvalue weighted by molar-refractivity contribution is 7.99. The Morgan fingerprint density at radius 2 is 1.86 bits per heavy atom. The lowest BCUT2D eigenvalue weighted by Crippen LogP contribution is -2.23. The van der Waals surface area contributed by atoms with Crippen LogP contribution in [0.15, 0.2) is 22.1 Å². The minimum atomic E-state index is -0.663. The van der Waals surface area contributed by atoms with E-state index in [1.165, 1.54) is 28.7 Å². The molecule has 3 rings (SSSR count). The van der Waals surface area contributed by atoms with Crippen LogP contribution in [0.1, 0.15) is 27.1 Å². The number of hydrogen-bond acceptors (Lipinski definition) is 6. The van der Waals surface area contributed by atoms with Gasteiger partial charge in [0, 0.05) is 17.7 Å². The van der Waals surface area contributed by atoms with E-state index in [1.54, 1.807) is 11.6 Å². The van der Waals surface area contributed by atoms with Crippen molar-refractivity contribution in [2.45, 2.75) is 45.9 Å². The molecule has 1 aromatic carbocycles. The predicted molar refractivity (Wildman–Crippen MR) is 117 cm³/mol. The first-order chi connectivity index (χ1) is 13.2. The first-order valence-electron chi connectivity index (χ1n) is 9.17. The van der Waals surface area contributed by atoms with Crippen LogP contribution in [0.4, 0.5) is 0 Å². The number of aliphatic hydroxyl groups is 1. The van der Waals surface area contributed by atoms with Crippen molar-refractivity contribution in [2.75, 3.05) is 12.4 Å². The Labute approximate surface area is 173 Å². The molecule has 7 heteroatoms. The fraction of sp³-hybridized carbons (Fsp3) is 0.429. The molecule has 0 aliphatic heterocycles. The number of benzene rings is 1. The number of aliphatic hydroxyl groups excluding tert-OH is 1. The Morgan fingerprint density at radius 3 is 2.57 bits per heavy atom. The summed E-state index contributed by atoms with van der Waals surface area (Å²) >= 11 is 2.91. The van der Waals surface area contributed by atoms with Gasteiger partial charge in [0.25, 0.3) is 5.56 Å². The average Bonchev–Trinajstić information content (AvgIpc) is 2.94. The van der Waals surface area contributed by atoms with Gasteiger partial charge in [-0.15, -0.1) is 11.3 Å². The summed E-state index contributed by atoms with van der Waals surface area (Å²) in [5.41, 5.74) is 4.28. The molecular weight excluding hydrogens is 392 g/mol. The smallest absolute Gasteiger partial charge is 0.262 e. The first-order valence-corrected chi connectivity index (χ1v) is 11.0. The van der Waals surface area contributed by atoms with Crippen molar-refractivity contribution in [3.05, 3.63) is 49.6 Å². The number of fused-ring (bicyclic) bond motifs is 1. The zero-order chi connectivity index (χ0) is 20.6. The number of ether oxygens (including phenoxy) is 1. The molecule has 0 amide bonds. The van der Waals surface area contributed by atoms with Crippen LogP contribution in [-0.4, -0.2) is 33.1 Å². The van der Waals surface area contributed by atoms with E-state index < -0.39 is 6.10 Å². The van der Waals surface area contributed by atoms with Gasteiger partial charge in [-0.25, -0.2) is 4.98 Å². The van der Waals surface area contributed by atoms with E-state index in [4.69, 9.17) is 4.74 Å². The van der Waals surface area contributed by atoms with E-state index in [-0.39, 0.29) is 12.2 Å². The van der Waals surface area contributed by atoms with Crippen molar-refractivity contribution in [1.29, 1.82) is 0 Å². The van der Waals surface area contributed by atoms with E-state index in [0.717, 1.165) is 32.1 Å². The second-order valence-electron chi connectivity index (χ2n) is 7.15. The quantitative estimate of drug-likeness (QED) is 0.483. The van der Waals surface area contributed by atoms with Gasteiger partial charge in [0.15, 0.2) is 5.16 Å². The van der Waals surface area contributed by atoms with Crippen LogP contribution in [0.3, 0.4) is 0 Å². The minimum Gasteiger partial charge on any atom is -0.490 e. The molecule has 1 atom stereocenters. The molecule has 0 fully saturated rings. The normalized spacial score (nSPS) is 12.5. The van der Waals surface area contributed by atoms with Gasteiger partial charge in [0.2, 0.25) is 0 Å². The van der Waals surface area contributed by atoms with Crippen LogP contribution in [0.2, 0.25) is 0 Å². The zero-order valence-electron chi connectivity index (χ0n) is 17.1. The monoisotopic (exact) mass is 418 g/mol. The summed E-state index contributed by atoms with van der Waals surface area (Å²) in [6.45, 7) is 10.2. The zero-order valence-corrected chi connectivity index (χ0v) is 18.8. The molecule has 0 saturated carbocycles. The fourth-order valence-electron chi connectivity index (χ4n) is 3.03. The van der Waals surface area contributed by atoms with Crippen LogP contribution in [-0.2, 0) is 7.05 Å². The largest absolute Gasteiger partial charge is 0.490 e. The summed E-state index contributed by atoms with van der Waals surface area (Å²) in [4.78, 5) is 19.2. The van der Waals surface area contributed by atoms with Crippen molar-refractivity contribution in [1.82, 2.24) is 9.55 Å². The minimum absolute atomic E-state index is 0.0360. The molecule has 3 aromatic rings. The lowest BCUT2D eigenvalue weighted by atomic mass is 10.1. The molecule has 0 bridgehead atoms. The molecular formula is C21H26N2O3S2. The third-order valence-corrected chi connectivity index (χ3v) is 7.34. The Hall–Kier alpha value is -1.83. The molecule has 0 radical (unpaired) electrons. The summed E-state index contributed by atoms with van der Waals surface area (Å²) in [5.74, 6) is 1.24. The Balaban J connectivity index is 1.70. The molecule has 150 valence electrons. The van der Waals surface area contributed by atoms with Crippen molar-refractivity contribution >= 4 is 33.3 Å². The van der Waals surface area contributed by atoms with Gasteiger partial charge in [-0.1, -0.05) is 23.9 Å². The fourth-order valence-corrected chi connectivity index (χ4v) is 4.98. The molecule has 2 heterocycles.